The number of benzene rings is 2. The van der Waals surface area contributed by atoms with Crippen molar-refractivity contribution in [3.8, 4) is 0 Å². The van der Waals surface area contributed by atoms with E-state index in [1.165, 1.54) is 0 Å². The van der Waals surface area contributed by atoms with E-state index in [0.29, 0.717) is 25.1 Å². The fourth-order valence-corrected chi connectivity index (χ4v) is 4.12. The summed E-state index contributed by atoms with van der Waals surface area (Å²) in [6.07, 6.45) is 2.06. The molecular formula is C24H26N2O3. The summed E-state index contributed by atoms with van der Waals surface area (Å²) in [6, 6.07) is 13.6. The van der Waals surface area contributed by atoms with E-state index in [1.54, 1.807) is 4.90 Å². The lowest BCUT2D eigenvalue weighted by atomic mass is 10.1. The second kappa shape index (κ2) is 7.74. The molecule has 0 aliphatic carbocycles. The van der Waals surface area contributed by atoms with Crippen LogP contribution in [-0.2, 0) is 24.2 Å². The lowest BCUT2D eigenvalue weighted by Gasteiger charge is -2.19. The minimum Gasteiger partial charge on any atom is -0.461 e. The topological polar surface area (TPSA) is 53.8 Å². The molecule has 1 aromatic heterocycles. The van der Waals surface area contributed by atoms with Crippen molar-refractivity contribution in [3.05, 3.63) is 64.9 Å². The molecule has 0 fully saturated rings. The quantitative estimate of drug-likeness (QED) is 0.641. The van der Waals surface area contributed by atoms with Gasteiger partial charge in [-0.2, -0.15) is 0 Å². The largest absolute Gasteiger partial charge is 0.461 e. The summed E-state index contributed by atoms with van der Waals surface area (Å²) in [5.74, 6) is 1.02. The Morgan fingerprint density at radius 1 is 1.14 bits per heavy atom. The molecule has 0 unspecified atom stereocenters. The van der Waals surface area contributed by atoms with E-state index in [0.717, 1.165) is 46.4 Å². The van der Waals surface area contributed by atoms with Gasteiger partial charge in [0.25, 0.3) is 5.91 Å². The maximum atomic E-state index is 13.1. The number of hydrogen-bond donors (Lipinski definition) is 0. The van der Waals surface area contributed by atoms with Gasteiger partial charge in [-0.3, -0.25) is 9.59 Å². The Kier molecular flexibility index (Phi) is 5.14. The normalized spacial score (nSPS) is 13.0. The predicted molar refractivity (Wildman–Crippen MR) is 114 cm³/mol. The first-order valence-corrected chi connectivity index (χ1v) is 10.2. The average molecular weight is 390 g/mol. The lowest BCUT2D eigenvalue weighted by Crippen LogP contribution is -2.28. The van der Waals surface area contributed by atoms with Crippen molar-refractivity contribution in [1.29, 1.82) is 0 Å². The standard InChI is InChI=1S/C24H26N2O3/c1-4-21-19(18-8-6-7-9-22(18)29-21)15-25(3)24(28)17-10-11-20-16(14-17)12-13-26(20)23(27)5-2/h6-11,14H,4-5,12-13,15H2,1-3H3. The van der Waals surface area contributed by atoms with E-state index < -0.39 is 0 Å². The molecule has 0 spiro atoms. The van der Waals surface area contributed by atoms with Crippen molar-refractivity contribution < 1.29 is 14.0 Å². The fourth-order valence-electron chi connectivity index (χ4n) is 4.12. The van der Waals surface area contributed by atoms with Crippen molar-refractivity contribution in [2.45, 2.75) is 39.7 Å². The highest BCUT2D eigenvalue weighted by Crippen LogP contribution is 2.31. The second-order valence-electron chi connectivity index (χ2n) is 7.51. The smallest absolute Gasteiger partial charge is 0.253 e. The van der Waals surface area contributed by atoms with Gasteiger partial charge in [-0.15, -0.1) is 0 Å². The van der Waals surface area contributed by atoms with Gasteiger partial charge in [-0.1, -0.05) is 32.0 Å². The number of carbonyl (C=O) groups is 2. The minimum atomic E-state index is -0.0274. The zero-order chi connectivity index (χ0) is 20.5. The number of furan rings is 1. The van der Waals surface area contributed by atoms with E-state index >= 15 is 0 Å². The van der Waals surface area contributed by atoms with Gasteiger partial charge in [-0.25, -0.2) is 0 Å². The van der Waals surface area contributed by atoms with E-state index in [1.807, 2.05) is 61.3 Å². The third-order valence-electron chi connectivity index (χ3n) is 5.67. The minimum absolute atomic E-state index is 0.0274. The Balaban J connectivity index is 1.57. The molecule has 4 rings (SSSR count). The molecule has 5 heteroatoms. The molecular weight excluding hydrogens is 364 g/mol. The molecule has 1 aliphatic rings. The van der Waals surface area contributed by atoms with E-state index in [9.17, 15) is 9.59 Å². The molecule has 150 valence electrons. The SMILES string of the molecule is CCC(=O)N1CCc2cc(C(=O)N(C)Cc3c(CC)oc4ccccc34)ccc21. The fraction of sp³-hybridized carbons (Fsp3) is 0.333. The van der Waals surface area contributed by atoms with Crippen molar-refractivity contribution in [3.63, 3.8) is 0 Å². The van der Waals surface area contributed by atoms with Crippen LogP contribution >= 0.6 is 0 Å². The highest BCUT2D eigenvalue weighted by molar-refractivity contribution is 5.98. The Labute approximate surface area is 170 Å². The third-order valence-corrected chi connectivity index (χ3v) is 5.67. The van der Waals surface area contributed by atoms with E-state index in [-0.39, 0.29) is 11.8 Å². The molecule has 0 saturated carbocycles. The highest BCUT2D eigenvalue weighted by atomic mass is 16.3. The summed E-state index contributed by atoms with van der Waals surface area (Å²) >= 11 is 0. The monoisotopic (exact) mass is 390 g/mol. The molecule has 29 heavy (non-hydrogen) atoms. The Morgan fingerprint density at radius 2 is 1.93 bits per heavy atom. The van der Waals surface area contributed by atoms with Gasteiger partial charge in [-0.05, 0) is 36.2 Å². The molecule has 0 N–H and O–H groups in total. The molecule has 0 radical (unpaired) electrons. The van der Waals surface area contributed by atoms with Crippen LogP contribution in [0, 0.1) is 0 Å². The van der Waals surface area contributed by atoms with Gasteiger partial charge >= 0.3 is 0 Å². The van der Waals surface area contributed by atoms with Crippen LogP contribution in [0.2, 0.25) is 0 Å². The Hall–Kier alpha value is -3.08. The van der Waals surface area contributed by atoms with Crippen LogP contribution in [0.15, 0.2) is 46.9 Å². The number of rotatable bonds is 5. The molecule has 2 aromatic carbocycles. The van der Waals surface area contributed by atoms with Crippen LogP contribution in [0.4, 0.5) is 5.69 Å². The van der Waals surface area contributed by atoms with Crippen LogP contribution in [0.3, 0.4) is 0 Å². The van der Waals surface area contributed by atoms with Gasteiger partial charge in [0.15, 0.2) is 0 Å². The van der Waals surface area contributed by atoms with Crippen LogP contribution in [0.25, 0.3) is 11.0 Å². The second-order valence-corrected chi connectivity index (χ2v) is 7.51. The summed E-state index contributed by atoms with van der Waals surface area (Å²) in [5, 5.41) is 1.06. The number of hydrogen-bond acceptors (Lipinski definition) is 3. The number of nitrogens with zero attached hydrogens (tertiary/aromatic N) is 2. The first-order chi connectivity index (χ1) is 14.0. The van der Waals surface area contributed by atoms with Crippen LogP contribution in [0.5, 0.6) is 0 Å². The molecule has 5 nitrogen and oxygen atoms in total. The zero-order valence-electron chi connectivity index (χ0n) is 17.2. The maximum Gasteiger partial charge on any atom is 0.253 e. The molecule has 2 heterocycles. The number of para-hydroxylation sites is 1. The van der Waals surface area contributed by atoms with Gasteiger partial charge in [0.05, 0.1) is 0 Å². The van der Waals surface area contributed by atoms with Crippen LogP contribution in [0.1, 0.15) is 47.5 Å². The zero-order valence-corrected chi connectivity index (χ0v) is 17.2. The first-order valence-electron chi connectivity index (χ1n) is 10.2. The van der Waals surface area contributed by atoms with Crippen molar-refractivity contribution >= 4 is 28.5 Å². The average Bonchev–Trinajstić information content (AvgIpc) is 3.33. The maximum absolute atomic E-state index is 13.1. The predicted octanol–water partition coefficient (Wildman–Crippen LogP) is 4.57. The van der Waals surface area contributed by atoms with E-state index in [4.69, 9.17) is 4.42 Å². The number of anilines is 1. The molecule has 1 aliphatic heterocycles. The molecule has 2 amide bonds. The third kappa shape index (κ3) is 3.41. The molecule has 0 bridgehead atoms. The first kappa shape index (κ1) is 19.2. The van der Waals surface area contributed by atoms with Gasteiger partial charge in [0.1, 0.15) is 11.3 Å². The van der Waals surface area contributed by atoms with Crippen molar-refractivity contribution in [2.24, 2.45) is 0 Å². The molecule has 0 atom stereocenters. The van der Waals surface area contributed by atoms with Crippen molar-refractivity contribution in [2.75, 3.05) is 18.5 Å². The lowest BCUT2D eigenvalue weighted by molar-refractivity contribution is -0.118. The summed E-state index contributed by atoms with van der Waals surface area (Å²) in [4.78, 5) is 28.7. The summed E-state index contributed by atoms with van der Waals surface area (Å²) in [7, 11) is 1.82. The number of aryl methyl sites for hydroxylation is 1. The van der Waals surface area contributed by atoms with Gasteiger partial charge in [0, 0.05) is 55.2 Å². The number of carbonyl (C=O) groups excluding carboxylic acids is 2. The summed E-state index contributed by atoms with van der Waals surface area (Å²) in [5.41, 5.74) is 4.58. The summed E-state index contributed by atoms with van der Waals surface area (Å²) < 4.78 is 5.96. The van der Waals surface area contributed by atoms with Gasteiger partial charge < -0.3 is 14.2 Å². The highest BCUT2D eigenvalue weighted by Gasteiger charge is 2.25. The Morgan fingerprint density at radius 3 is 2.69 bits per heavy atom. The number of amides is 2. The summed E-state index contributed by atoms with van der Waals surface area (Å²) in [6.45, 7) is 5.12. The van der Waals surface area contributed by atoms with E-state index in [2.05, 4.69) is 6.92 Å². The molecule has 0 saturated heterocycles. The number of fused-ring (bicyclic) bond motifs is 2. The van der Waals surface area contributed by atoms with Crippen molar-refractivity contribution in [1.82, 2.24) is 4.90 Å². The molecule has 3 aromatic rings. The Bertz CT molecular complexity index is 1080. The van der Waals surface area contributed by atoms with Crippen LogP contribution < -0.4 is 4.90 Å². The van der Waals surface area contributed by atoms with Gasteiger partial charge in [0.2, 0.25) is 5.91 Å². The van der Waals surface area contributed by atoms with Crippen LogP contribution in [-0.4, -0.2) is 30.3 Å².